The van der Waals surface area contributed by atoms with Crippen molar-refractivity contribution in [3.8, 4) is 0 Å². The third-order valence-corrected chi connectivity index (χ3v) is 4.66. The number of rotatable bonds is 4. The molecule has 0 aliphatic carbocycles. The van der Waals surface area contributed by atoms with E-state index in [9.17, 15) is 14.0 Å². The summed E-state index contributed by atoms with van der Waals surface area (Å²) in [6.45, 7) is 3.22. The maximum atomic E-state index is 13.1. The van der Waals surface area contributed by atoms with E-state index >= 15 is 0 Å². The molecule has 2 aliphatic heterocycles. The Kier molecular flexibility index (Phi) is 5.86. The SMILES string of the molecule is O=C(NCCc1cccc(F)c1)N1CCN(C(=O)C2CCCO2)CC1. The van der Waals surface area contributed by atoms with E-state index in [-0.39, 0.29) is 23.9 Å². The minimum absolute atomic E-state index is 0.0451. The Morgan fingerprint density at radius 3 is 2.64 bits per heavy atom. The van der Waals surface area contributed by atoms with Gasteiger partial charge in [-0.15, -0.1) is 0 Å². The lowest BCUT2D eigenvalue weighted by Gasteiger charge is -2.35. The number of carbonyl (C=O) groups excluding carboxylic acids is 2. The van der Waals surface area contributed by atoms with Crippen molar-refractivity contribution >= 4 is 11.9 Å². The number of amides is 3. The smallest absolute Gasteiger partial charge is 0.317 e. The van der Waals surface area contributed by atoms with Gasteiger partial charge in [-0.25, -0.2) is 9.18 Å². The highest BCUT2D eigenvalue weighted by atomic mass is 19.1. The van der Waals surface area contributed by atoms with Gasteiger partial charge in [0.1, 0.15) is 11.9 Å². The van der Waals surface area contributed by atoms with E-state index in [1.54, 1.807) is 15.9 Å². The number of hydrogen-bond donors (Lipinski definition) is 1. The zero-order chi connectivity index (χ0) is 17.6. The van der Waals surface area contributed by atoms with Gasteiger partial charge in [0, 0.05) is 39.3 Å². The molecule has 1 atom stereocenters. The normalized spacial score (nSPS) is 20.6. The van der Waals surface area contributed by atoms with Gasteiger partial charge in [-0.2, -0.15) is 0 Å². The molecule has 25 heavy (non-hydrogen) atoms. The van der Waals surface area contributed by atoms with Crippen molar-refractivity contribution in [2.45, 2.75) is 25.4 Å². The van der Waals surface area contributed by atoms with Crippen LogP contribution in [0.4, 0.5) is 9.18 Å². The Morgan fingerprint density at radius 1 is 1.20 bits per heavy atom. The van der Waals surface area contributed by atoms with E-state index in [0.29, 0.717) is 45.8 Å². The monoisotopic (exact) mass is 349 g/mol. The highest BCUT2D eigenvalue weighted by molar-refractivity contribution is 5.81. The second-order valence-electron chi connectivity index (χ2n) is 6.43. The molecule has 0 radical (unpaired) electrons. The molecule has 1 N–H and O–H groups in total. The van der Waals surface area contributed by atoms with Gasteiger partial charge in [-0.1, -0.05) is 12.1 Å². The predicted molar refractivity (Wildman–Crippen MR) is 90.6 cm³/mol. The minimum Gasteiger partial charge on any atom is -0.368 e. The summed E-state index contributed by atoms with van der Waals surface area (Å²) in [5.41, 5.74) is 0.854. The number of benzene rings is 1. The lowest BCUT2D eigenvalue weighted by molar-refractivity contribution is -0.142. The van der Waals surface area contributed by atoms with E-state index in [1.807, 2.05) is 6.07 Å². The molecule has 3 amide bonds. The van der Waals surface area contributed by atoms with Crippen molar-refractivity contribution in [2.75, 3.05) is 39.3 Å². The first-order chi connectivity index (χ1) is 12.1. The Bertz CT molecular complexity index is 611. The number of halogens is 1. The zero-order valence-electron chi connectivity index (χ0n) is 14.2. The molecule has 6 nitrogen and oxygen atoms in total. The first-order valence-corrected chi connectivity index (χ1v) is 8.81. The molecule has 0 spiro atoms. The average molecular weight is 349 g/mol. The molecular weight excluding hydrogens is 325 g/mol. The molecule has 2 aliphatic rings. The highest BCUT2D eigenvalue weighted by Crippen LogP contribution is 2.16. The van der Waals surface area contributed by atoms with Crippen molar-refractivity contribution in [1.82, 2.24) is 15.1 Å². The maximum Gasteiger partial charge on any atom is 0.317 e. The van der Waals surface area contributed by atoms with Crippen LogP contribution in [0.1, 0.15) is 18.4 Å². The van der Waals surface area contributed by atoms with E-state index in [0.717, 1.165) is 18.4 Å². The molecule has 2 saturated heterocycles. The number of ether oxygens (including phenoxy) is 1. The molecule has 0 aromatic heterocycles. The van der Waals surface area contributed by atoms with E-state index in [2.05, 4.69) is 5.32 Å². The van der Waals surface area contributed by atoms with Crippen LogP contribution in [0.2, 0.25) is 0 Å². The lowest BCUT2D eigenvalue weighted by atomic mass is 10.1. The van der Waals surface area contributed by atoms with Crippen LogP contribution in [-0.2, 0) is 16.0 Å². The molecule has 1 unspecified atom stereocenters. The first kappa shape index (κ1) is 17.7. The van der Waals surface area contributed by atoms with Gasteiger partial charge in [-0.3, -0.25) is 4.79 Å². The second kappa shape index (κ2) is 8.29. The largest absolute Gasteiger partial charge is 0.368 e. The number of piperazine rings is 1. The van der Waals surface area contributed by atoms with Gasteiger partial charge in [0.05, 0.1) is 0 Å². The molecule has 2 heterocycles. The molecule has 0 saturated carbocycles. The lowest BCUT2D eigenvalue weighted by Crippen LogP contribution is -2.55. The number of carbonyl (C=O) groups is 2. The third kappa shape index (κ3) is 4.69. The quantitative estimate of drug-likeness (QED) is 0.894. The van der Waals surface area contributed by atoms with Crippen LogP contribution >= 0.6 is 0 Å². The number of hydrogen-bond acceptors (Lipinski definition) is 3. The van der Waals surface area contributed by atoms with Crippen LogP contribution in [0.3, 0.4) is 0 Å². The van der Waals surface area contributed by atoms with Gasteiger partial charge >= 0.3 is 6.03 Å². The van der Waals surface area contributed by atoms with E-state index in [1.165, 1.54) is 12.1 Å². The molecule has 1 aromatic rings. The Balaban J connectivity index is 1.38. The summed E-state index contributed by atoms with van der Waals surface area (Å²) in [5.74, 6) is -0.223. The average Bonchev–Trinajstić information content (AvgIpc) is 3.16. The van der Waals surface area contributed by atoms with Crippen molar-refractivity contribution in [2.24, 2.45) is 0 Å². The van der Waals surface area contributed by atoms with Crippen LogP contribution < -0.4 is 5.32 Å². The van der Waals surface area contributed by atoms with E-state index < -0.39 is 0 Å². The van der Waals surface area contributed by atoms with Crippen LogP contribution in [-0.4, -0.2) is 67.2 Å². The summed E-state index contributed by atoms with van der Waals surface area (Å²) >= 11 is 0. The summed E-state index contributed by atoms with van der Waals surface area (Å²) < 4.78 is 18.6. The highest BCUT2D eigenvalue weighted by Gasteiger charge is 2.31. The topological polar surface area (TPSA) is 61.9 Å². The summed E-state index contributed by atoms with van der Waals surface area (Å²) in [5, 5.41) is 2.86. The summed E-state index contributed by atoms with van der Waals surface area (Å²) in [6.07, 6.45) is 2.01. The van der Waals surface area contributed by atoms with Crippen molar-refractivity contribution in [1.29, 1.82) is 0 Å². The van der Waals surface area contributed by atoms with Crippen molar-refractivity contribution < 1.29 is 18.7 Å². The van der Waals surface area contributed by atoms with Crippen LogP contribution in [0.25, 0.3) is 0 Å². The fourth-order valence-corrected chi connectivity index (χ4v) is 3.22. The Labute approximate surface area is 146 Å². The minimum atomic E-state index is -0.299. The molecule has 3 rings (SSSR count). The van der Waals surface area contributed by atoms with Gasteiger partial charge in [-0.05, 0) is 37.0 Å². The number of nitrogens with one attached hydrogen (secondary N) is 1. The second-order valence-corrected chi connectivity index (χ2v) is 6.43. The van der Waals surface area contributed by atoms with Crippen molar-refractivity contribution in [3.05, 3.63) is 35.6 Å². The fraction of sp³-hybridized carbons (Fsp3) is 0.556. The standard InChI is InChI=1S/C18H24FN3O3/c19-15-4-1-3-14(13-15)6-7-20-18(24)22-10-8-21(9-11-22)17(23)16-5-2-12-25-16/h1,3-4,13,16H,2,5-12H2,(H,20,24). The fourth-order valence-electron chi connectivity index (χ4n) is 3.22. The van der Waals surface area contributed by atoms with Crippen molar-refractivity contribution in [3.63, 3.8) is 0 Å². The molecule has 2 fully saturated rings. The number of nitrogens with zero attached hydrogens (tertiary/aromatic N) is 2. The van der Waals surface area contributed by atoms with Gasteiger partial charge in [0.15, 0.2) is 0 Å². The first-order valence-electron chi connectivity index (χ1n) is 8.81. The van der Waals surface area contributed by atoms with E-state index in [4.69, 9.17) is 4.74 Å². The third-order valence-electron chi connectivity index (χ3n) is 4.66. The summed E-state index contributed by atoms with van der Waals surface area (Å²) in [6, 6.07) is 6.24. The summed E-state index contributed by atoms with van der Waals surface area (Å²) in [4.78, 5) is 28.0. The molecule has 1 aromatic carbocycles. The van der Waals surface area contributed by atoms with Gasteiger partial charge in [0.2, 0.25) is 0 Å². The van der Waals surface area contributed by atoms with Crippen LogP contribution in [0.5, 0.6) is 0 Å². The van der Waals surface area contributed by atoms with Crippen LogP contribution in [0, 0.1) is 5.82 Å². The predicted octanol–water partition coefficient (Wildman–Crippen LogP) is 1.40. The van der Waals surface area contributed by atoms with Gasteiger partial charge < -0.3 is 19.9 Å². The Morgan fingerprint density at radius 2 is 1.96 bits per heavy atom. The number of urea groups is 1. The van der Waals surface area contributed by atoms with Crippen LogP contribution in [0.15, 0.2) is 24.3 Å². The maximum absolute atomic E-state index is 13.1. The Hall–Kier alpha value is -2.15. The summed E-state index contributed by atoms with van der Waals surface area (Å²) in [7, 11) is 0. The molecular formula is C18H24FN3O3. The zero-order valence-corrected chi connectivity index (χ0v) is 14.2. The van der Waals surface area contributed by atoms with Gasteiger partial charge in [0.25, 0.3) is 5.91 Å². The molecule has 7 heteroatoms. The molecule has 0 bridgehead atoms. The molecule has 136 valence electrons.